The number of carbonyl (C=O) groups excluding carboxylic acids is 1. The van der Waals surface area contributed by atoms with Crippen molar-refractivity contribution in [2.24, 2.45) is 0 Å². The molecule has 3 N–H and O–H groups in total. The van der Waals surface area contributed by atoms with Crippen LogP contribution in [0.15, 0.2) is 54.6 Å². The van der Waals surface area contributed by atoms with Gasteiger partial charge in [0, 0.05) is 16.8 Å². The van der Waals surface area contributed by atoms with Crippen molar-refractivity contribution in [1.82, 2.24) is 10.3 Å². The number of aromatic nitrogens is 1. The summed E-state index contributed by atoms with van der Waals surface area (Å²) in [6.07, 6.45) is 0. The van der Waals surface area contributed by atoms with Gasteiger partial charge in [-0.25, -0.2) is 4.79 Å². The first kappa shape index (κ1) is 13.9. The molecular formula is C17H14N2O3. The highest BCUT2D eigenvalue weighted by molar-refractivity contribution is 5.97. The van der Waals surface area contributed by atoms with Crippen LogP contribution in [0.1, 0.15) is 26.4 Å². The summed E-state index contributed by atoms with van der Waals surface area (Å²) in [4.78, 5) is 26.2. The van der Waals surface area contributed by atoms with Crippen LogP contribution in [-0.4, -0.2) is 22.0 Å². The summed E-state index contributed by atoms with van der Waals surface area (Å²) in [5.74, 6) is -1.35. The van der Waals surface area contributed by atoms with E-state index in [1.807, 2.05) is 30.3 Å². The van der Waals surface area contributed by atoms with Gasteiger partial charge in [-0.15, -0.1) is 0 Å². The van der Waals surface area contributed by atoms with Crippen molar-refractivity contribution in [3.63, 3.8) is 0 Å². The largest absolute Gasteiger partial charge is 0.478 e. The molecule has 0 unspecified atom stereocenters. The van der Waals surface area contributed by atoms with Gasteiger partial charge in [-0.05, 0) is 35.7 Å². The van der Waals surface area contributed by atoms with Crippen molar-refractivity contribution in [1.29, 1.82) is 0 Å². The summed E-state index contributed by atoms with van der Waals surface area (Å²) >= 11 is 0. The molecule has 110 valence electrons. The van der Waals surface area contributed by atoms with E-state index in [1.165, 1.54) is 12.1 Å². The van der Waals surface area contributed by atoms with E-state index in [1.54, 1.807) is 12.1 Å². The Morgan fingerprint density at radius 1 is 1.00 bits per heavy atom. The predicted octanol–water partition coefficient (Wildman–Crippen LogP) is 2.80. The third-order valence-electron chi connectivity index (χ3n) is 3.40. The van der Waals surface area contributed by atoms with E-state index in [2.05, 4.69) is 10.3 Å². The van der Waals surface area contributed by atoms with E-state index < -0.39 is 5.97 Å². The van der Waals surface area contributed by atoms with Crippen LogP contribution >= 0.6 is 0 Å². The number of para-hydroxylation sites is 1. The number of amides is 1. The SMILES string of the molecule is O=C(O)c1cccc(C(=O)NCc2cc3ccccc3[nH]2)c1. The van der Waals surface area contributed by atoms with Gasteiger partial charge in [0.25, 0.3) is 5.91 Å². The summed E-state index contributed by atoms with van der Waals surface area (Å²) in [6.45, 7) is 0.352. The zero-order valence-electron chi connectivity index (χ0n) is 11.7. The smallest absolute Gasteiger partial charge is 0.335 e. The molecule has 3 aromatic rings. The second kappa shape index (κ2) is 5.73. The van der Waals surface area contributed by atoms with Crippen LogP contribution in [0.4, 0.5) is 0 Å². The number of carboxylic acid groups (broad SMARTS) is 1. The maximum absolute atomic E-state index is 12.1. The Morgan fingerprint density at radius 3 is 2.55 bits per heavy atom. The zero-order valence-corrected chi connectivity index (χ0v) is 11.7. The molecule has 0 atom stereocenters. The van der Waals surface area contributed by atoms with Gasteiger partial charge < -0.3 is 15.4 Å². The highest BCUT2D eigenvalue weighted by Gasteiger charge is 2.09. The van der Waals surface area contributed by atoms with Crippen LogP contribution in [0.5, 0.6) is 0 Å². The standard InChI is InChI=1S/C17H14N2O3/c20-16(12-5-3-6-13(8-12)17(21)22)18-10-14-9-11-4-1-2-7-15(11)19-14/h1-9,19H,10H2,(H,18,20)(H,21,22). The Morgan fingerprint density at radius 2 is 1.77 bits per heavy atom. The number of fused-ring (bicyclic) bond motifs is 1. The minimum atomic E-state index is -1.05. The summed E-state index contributed by atoms with van der Waals surface area (Å²) < 4.78 is 0. The topological polar surface area (TPSA) is 82.2 Å². The number of rotatable bonds is 4. The van der Waals surface area contributed by atoms with Crippen LogP contribution in [0, 0.1) is 0 Å². The molecule has 0 spiro atoms. The molecule has 0 aliphatic rings. The van der Waals surface area contributed by atoms with Crippen molar-refractivity contribution in [3.8, 4) is 0 Å². The Labute approximate surface area is 126 Å². The Balaban J connectivity index is 1.71. The van der Waals surface area contributed by atoms with Crippen molar-refractivity contribution >= 4 is 22.8 Å². The van der Waals surface area contributed by atoms with Crippen LogP contribution < -0.4 is 5.32 Å². The second-order valence-corrected chi connectivity index (χ2v) is 4.95. The molecule has 0 bridgehead atoms. The lowest BCUT2D eigenvalue weighted by atomic mass is 10.1. The molecule has 22 heavy (non-hydrogen) atoms. The van der Waals surface area contributed by atoms with E-state index in [0.29, 0.717) is 12.1 Å². The van der Waals surface area contributed by atoms with E-state index in [4.69, 9.17) is 5.11 Å². The number of nitrogens with one attached hydrogen (secondary N) is 2. The van der Waals surface area contributed by atoms with Gasteiger partial charge in [-0.1, -0.05) is 24.3 Å². The number of carboxylic acids is 1. The first-order chi connectivity index (χ1) is 10.6. The highest BCUT2D eigenvalue weighted by Crippen LogP contribution is 2.14. The normalized spacial score (nSPS) is 10.5. The summed E-state index contributed by atoms with van der Waals surface area (Å²) in [7, 11) is 0. The molecule has 5 heteroatoms. The maximum atomic E-state index is 12.1. The summed E-state index contributed by atoms with van der Waals surface area (Å²) in [6, 6.07) is 15.8. The van der Waals surface area contributed by atoms with Crippen LogP contribution in [0.2, 0.25) is 0 Å². The van der Waals surface area contributed by atoms with Crippen molar-refractivity contribution < 1.29 is 14.7 Å². The lowest BCUT2D eigenvalue weighted by Crippen LogP contribution is -2.23. The molecule has 0 saturated heterocycles. The predicted molar refractivity (Wildman–Crippen MR) is 82.9 cm³/mol. The number of benzene rings is 2. The third-order valence-corrected chi connectivity index (χ3v) is 3.40. The Bertz CT molecular complexity index is 819. The van der Waals surface area contributed by atoms with Crippen molar-refractivity contribution in [2.75, 3.05) is 0 Å². The fraction of sp³-hybridized carbons (Fsp3) is 0.0588. The van der Waals surface area contributed by atoms with Crippen LogP contribution in [-0.2, 0) is 6.54 Å². The fourth-order valence-corrected chi connectivity index (χ4v) is 2.30. The maximum Gasteiger partial charge on any atom is 0.335 e. The van der Waals surface area contributed by atoms with Crippen molar-refractivity contribution in [2.45, 2.75) is 6.54 Å². The minimum absolute atomic E-state index is 0.0956. The molecule has 1 aromatic heterocycles. The van der Waals surface area contributed by atoms with E-state index in [0.717, 1.165) is 16.6 Å². The van der Waals surface area contributed by atoms with E-state index in [-0.39, 0.29) is 11.5 Å². The Kier molecular flexibility index (Phi) is 3.62. The molecule has 2 aromatic carbocycles. The van der Waals surface area contributed by atoms with Crippen molar-refractivity contribution in [3.05, 3.63) is 71.4 Å². The quantitative estimate of drug-likeness (QED) is 0.692. The average Bonchev–Trinajstić information content (AvgIpc) is 2.95. The number of aromatic amines is 1. The number of aromatic carboxylic acids is 1. The third kappa shape index (κ3) is 2.83. The van der Waals surface area contributed by atoms with Gasteiger partial charge in [0.05, 0.1) is 12.1 Å². The summed E-state index contributed by atoms with van der Waals surface area (Å²) in [5.41, 5.74) is 2.33. The number of hydrogen-bond donors (Lipinski definition) is 3. The van der Waals surface area contributed by atoms with Gasteiger partial charge >= 0.3 is 5.97 Å². The molecule has 0 aliphatic carbocycles. The zero-order chi connectivity index (χ0) is 15.5. The summed E-state index contributed by atoms with van der Waals surface area (Å²) in [5, 5.41) is 12.8. The lowest BCUT2D eigenvalue weighted by Gasteiger charge is -2.04. The molecule has 1 amide bonds. The van der Waals surface area contributed by atoms with Crippen LogP contribution in [0.25, 0.3) is 10.9 Å². The van der Waals surface area contributed by atoms with Gasteiger partial charge in [0.15, 0.2) is 0 Å². The number of hydrogen-bond acceptors (Lipinski definition) is 2. The molecule has 1 heterocycles. The number of carbonyl (C=O) groups is 2. The molecular weight excluding hydrogens is 280 g/mol. The van der Waals surface area contributed by atoms with Gasteiger partial charge in [0.2, 0.25) is 0 Å². The lowest BCUT2D eigenvalue weighted by molar-refractivity contribution is 0.0697. The van der Waals surface area contributed by atoms with Gasteiger partial charge in [0.1, 0.15) is 0 Å². The highest BCUT2D eigenvalue weighted by atomic mass is 16.4. The van der Waals surface area contributed by atoms with Gasteiger partial charge in [-0.2, -0.15) is 0 Å². The fourth-order valence-electron chi connectivity index (χ4n) is 2.30. The minimum Gasteiger partial charge on any atom is -0.478 e. The molecule has 0 fully saturated rings. The molecule has 3 rings (SSSR count). The average molecular weight is 294 g/mol. The van der Waals surface area contributed by atoms with Crippen LogP contribution in [0.3, 0.4) is 0 Å². The number of H-pyrrole nitrogens is 1. The van der Waals surface area contributed by atoms with Gasteiger partial charge in [-0.3, -0.25) is 4.79 Å². The molecule has 0 radical (unpaired) electrons. The molecule has 0 saturated carbocycles. The first-order valence-corrected chi connectivity index (χ1v) is 6.82. The second-order valence-electron chi connectivity index (χ2n) is 4.95. The van der Waals surface area contributed by atoms with E-state index >= 15 is 0 Å². The first-order valence-electron chi connectivity index (χ1n) is 6.82. The Hall–Kier alpha value is -3.08. The molecule has 5 nitrogen and oxygen atoms in total. The van der Waals surface area contributed by atoms with E-state index in [9.17, 15) is 9.59 Å². The monoisotopic (exact) mass is 294 g/mol. The molecule has 0 aliphatic heterocycles.